The summed E-state index contributed by atoms with van der Waals surface area (Å²) in [6.45, 7) is 0.567. The van der Waals surface area contributed by atoms with Crippen molar-refractivity contribution in [1.82, 2.24) is 10.3 Å². The molecule has 1 unspecified atom stereocenters. The molecule has 2 heterocycles. The molecule has 1 atom stereocenters. The molecule has 3 rings (SSSR count). The molecule has 1 amide bonds. The minimum absolute atomic E-state index is 0.0167. The van der Waals surface area contributed by atoms with Gasteiger partial charge in [0.15, 0.2) is 0 Å². The van der Waals surface area contributed by atoms with Gasteiger partial charge < -0.3 is 15.0 Å². The number of nitrogens with one attached hydrogen (secondary N) is 2. The van der Waals surface area contributed by atoms with E-state index in [1.54, 1.807) is 0 Å². The molecule has 2 N–H and O–H groups in total. The Morgan fingerprint density at radius 1 is 1.23 bits per heavy atom. The van der Waals surface area contributed by atoms with Crippen LogP contribution in [0.25, 0.3) is 10.9 Å². The van der Waals surface area contributed by atoms with Crippen LogP contribution in [0.1, 0.15) is 28.8 Å². The summed E-state index contributed by atoms with van der Waals surface area (Å²) in [5, 5.41) is 2.96. The fourth-order valence-electron chi connectivity index (χ4n) is 2.79. The van der Waals surface area contributed by atoms with Crippen molar-refractivity contribution in [3.63, 3.8) is 0 Å². The molecule has 0 saturated carbocycles. The number of aromatic nitrogens is 1. The highest BCUT2D eigenvalue weighted by atomic mass is 19.4. The normalized spacial score (nSPS) is 17.3. The largest absolute Gasteiger partial charge is 0.462 e. The first-order chi connectivity index (χ1) is 12.2. The monoisotopic (exact) mass is 368 g/mol. The number of ether oxygens (including phenoxy) is 1. The zero-order valence-corrected chi connectivity index (χ0v) is 13.5. The van der Waals surface area contributed by atoms with Crippen molar-refractivity contribution in [2.24, 2.45) is 5.92 Å². The molecular formula is C17H15F3N2O4. The highest BCUT2D eigenvalue weighted by molar-refractivity contribution is 5.93. The quantitative estimate of drug-likeness (QED) is 0.810. The molecule has 1 aromatic carbocycles. The Morgan fingerprint density at radius 2 is 2.00 bits per heavy atom. The number of carbonyl (C=O) groups excluding carboxylic acids is 2. The predicted octanol–water partition coefficient (Wildman–Crippen LogP) is 2.23. The van der Waals surface area contributed by atoms with Crippen molar-refractivity contribution < 1.29 is 27.5 Å². The molecule has 6 nitrogen and oxygen atoms in total. The number of hydrogen-bond donors (Lipinski definition) is 2. The van der Waals surface area contributed by atoms with Gasteiger partial charge in [-0.3, -0.25) is 9.59 Å². The maximum Gasteiger partial charge on any atom is 0.416 e. The lowest BCUT2D eigenvalue weighted by Crippen LogP contribution is -2.21. The second-order valence-corrected chi connectivity index (χ2v) is 6.11. The molecule has 2 aromatic rings. The van der Waals surface area contributed by atoms with Gasteiger partial charge in [-0.1, -0.05) is 6.07 Å². The second kappa shape index (κ2) is 6.81. The molecule has 0 radical (unpaired) electrons. The number of rotatable bonds is 4. The maximum absolute atomic E-state index is 12.7. The van der Waals surface area contributed by atoms with E-state index in [1.165, 1.54) is 12.1 Å². The minimum Gasteiger partial charge on any atom is -0.462 e. The van der Waals surface area contributed by atoms with Crippen LogP contribution in [0.4, 0.5) is 13.2 Å². The summed E-state index contributed by atoms with van der Waals surface area (Å²) >= 11 is 0. The molecule has 0 bridgehead atoms. The summed E-state index contributed by atoms with van der Waals surface area (Å²) < 4.78 is 43.2. The molecule has 1 saturated heterocycles. The van der Waals surface area contributed by atoms with E-state index >= 15 is 0 Å². The van der Waals surface area contributed by atoms with Gasteiger partial charge in [-0.05, 0) is 35.9 Å². The molecule has 1 aliphatic heterocycles. The number of esters is 1. The predicted molar refractivity (Wildman–Crippen MR) is 85.6 cm³/mol. The SMILES string of the molecule is O=C1CC(CCOC(=O)c2cc3ccc(C(F)(F)F)cc3[nH]c2=O)CN1. The van der Waals surface area contributed by atoms with Crippen LogP contribution >= 0.6 is 0 Å². The van der Waals surface area contributed by atoms with E-state index < -0.39 is 23.3 Å². The van der Waals surface area contributed by atoms with Gasteiger partial charge in [0.25, 0.3) is 5.56 Å². The van der Waals surface area contributed by atoms with Gasteiger partial charge in [-0.25, -0.2) is 4.79 Å². The van der Waals surface area contributed by atoms with E-state index in [2.05, 4.69) is 10.3 Å². The molecule has 1 aromatic heterocycles. The fraction of sp³-hybridized carbons (Fsp3) is 0.353. The van der Waals surface area contributed by atoms with Crippen LogP contribution in [0.3, 0.4) is 0 Å². The summed E-state index contributed by atoms with van der Waals surface area (Å²) in [7, 11) is 0. The van der Waals surface area contributed by atoms with Crippen molar-refractivity contribution in [1.29, 1.82) is 0 Å². The topological polar surface area (TPSA) is 88.3 Å². The average Bonchev–Trinajstić information content (AvgIpc) is 2.98. The number of alkyl halides is 3. The number of fused-ring (bicyclic) bond motifs is 1. The van der Waals surface area contributed by atoms with Crippen LogP contribution < -0.4 is 10.9 Å². The third-order valence-electron chi connectivity index (χ3n) is 4.21. The molecule has 26 heavy (non-hydrogen) atoms. The number of hydrogen-bond acceptors (Lipinski definition) is 4. The number of aromatic amines is 1. The van der Waals surface area contributed by atoms with Gasteiger partial charge >= 0.3 is 12.1 Å². The third kappa shape index (κ3) is 3.87. The summed E-state index contributed by atoms with van der Waals surface area (Å²) in [5.74, 6) is -0.832. The van der Waals surface area contributed by atoms with Gasteiger partial charge in [-0.15, -0.1) is 0 Å². The number of pyridine rings is 1. The molecule has 9 heteroatoms. The van der Waals surface area contributed by atoms with Gasteiger partial charge in [0.2, 0.25) is 5.91 Å². The summed E-state index contributed by atoms with van der Waals surface area (Å²) in [6.07, 6.45) is -3.68. The molecule has 1 aliphatic rings. The zero-order chi connectivity index (χ0) is 18.9. The highest BCUT2D eigenvalue weighted by Gasteiger charge is 2.30. The molecule has 138 valence electrons. The molecule has 0 spiro atoms. The highest BCUT2D eigenvalue weighted by Crippen LogP contribution is 2.30. The van der Waals surface area contributed by atoms with Crippen LogP contribution in [0.15, 0.2) is 29.1 Å². The zero-order valence-electron chi connectivity index (χ0n) is 13.5. The first-order valence-corrected chi connectivity index (χ1v) is 7.92. The lowest BCUT2D eigenvalue weighted by Gasteiger charge is -2.10. The standard InChI is InChI=1S/C17H15F3N2O4/c18-17(19,20)11-2-1-10-6-12(15(24)22-13(10)7-11)16(25)26-4-3-9-5-14(23)21-8-9/h1-2,6-7,9H,3-5,8H2,(H,21,23)(H,22,24). The maximum atomic E-state index is 12.7. The van der Waals surface area contributed by atoms with E-state index in [0.717, 1.165) is 12.1 Å². The van der Waals surface area contributed by atoms with Crippen molar-refractivity contribution in [2.75, 3.05) is 13.2 Å². The average molecular weight is 368 g/mol. The van der Waals surface area contributed by atoms with Gasteiger partial charge in [0.1, 0.15) is 5.56 Å². The summed E-state index contributed by atoms with van der Waals surface area (Å²) in [4.78, 5) is 37.4. The van der Waals surface area contributed by atoms with Gasteiger partial charge in [-0.2, -0.15) is 13.2 Å². The first-order valence-electron chi connectivity index (χ1n) is 7.92. The molecule has 1 fully saturated rings. The number of H-pyrrole nitrogens is 1. The van der Waals surface area contributed by atoms with Crippen molar-refractivity contribution in [3.05, 3.63) is 45.7 Å². The molecule has 0 aliphatic carbocycles. The van der Waals surface area contributed by atoms with Crippen LogP contribution in [0.5, 0.6) is 0 Å². The van der Waals surface area contributed by atoms with E-state index in [1.807, 2.05) is 0 Å². The van der Waals surface area contributed by atoms with Gasteiger partial charge in [0, 0.05) is 18.5 Å². The van der Waals surface area contributed by atoms with Crippen LogP contribution in [-0.2, 0) is 15.7 Å². The smallest absolute Gasteiger partial charge is 0.416 e. The van der Waals surface area contributed by atoms with E-state index in [9.17, 15) is 27.6 Å². The first kappa shape index (κ1) is 18.0. The van der Waals surface area contributed by atoms with Crippen LogP contribution in [0, 0.1) is 5.92 Å². The van der Waals surface area contributed by atoms with Crippen molar-refractivity contribution in [3.8, 4) is 0 Å². The van der Waals surface area contributed by atoms with E-state index in [0.29, 0.717) is 19.4 Å². The Hall–Kier alpha value is -2.84. The number of carbonyl (C=O) groups is 2. The Labute approximate surface area is 145 Å². The van der Waals surface area contributed by atoms with Crippen molar-refractivity contribution in [2.45, 2.75) is 19.0 Å². The second-order valence-electron chi connectivity index (χ2n) is 6.11. The van der Waals surface area contributed by atoms with E-state index in [-0.39, 0.29) is 34.9 Å². The minimum atomic E-state index is -4.53. The lowest BCUT2D eigenvalue weighted by molar-refractivity contribution is -0.137. The third-order valence-corrected chi connectivity index (χ3v) is 4.21. The Bertz CT molecular complexity index is 920. The summed E-state index contributed by atoms with van der Waals surface area (Å²) in [5.41, 5.74) is -2.01. The van der Waals surface area contributed by atoms with Crippen LogP contribution in [0.2, 0.25) is 0 Å². The van der Waals surface area contributed by atoms with Gasteiger partial charge in [0.05, 0.1) is 12.2 Å². The number of amides is 1. The van der Waals surface area contributed by atoms with E-state index in [4.69, 9.17) is 4.74 Å². The summed E-state index contributed by atoms with van der Waals surface area (Å²) in [6, 6.07) is 4.08. The lowest BCUT2D eigenvalue weighted by atomic mass is 10.1. The Balaban J connectivity index is 1.73. The number of benzene rings is 1. The van der Waals surface area contributed by atoms with Crippen LogP contribution in [-0.4, -0.2) is 30.0 Å². The fourth-order valence-corrected chi connectivity index (χ4v) is 2.79. The Kier molecular flexibility index (Phi) is 4.71. The Morgan fingerprint density at radius 3 is 2.65 bits per heavy atom. The van der Waals surface area contributed by atoms with Crippen molar-refractivity contribution >= 4 is 22.8 Å². The number of halogens is 3. The molecular weight excluding hydrogens is 353 g/mol.